The number of aryl methyl sites for hydroxylation is 2. The quantitative estimate of drug-likeness (QED) is 0.735. The van der Waals surface area contributed by atoms with Gasteiger partial charge >= 0.3 is 0 Å². The lowest BCUT2D eigenvalue weighted by Crippen LogP contribution is -2.33. The first kappa shape index (κ1) is 12.1. The molecule has 3 fully saturated rings. The first-order valence-electron chi connectivity index (χ1n) is 7.53. The van der Waals surface area contributed by atoms with Crippen LogP contribution >= 0.6 is 0 Å². The first-order chi connectivity index (χ1) is 9.59. The van der Waals surface area contributed by atoms with Crippen LogP contribution in [0, 0.1) is 37.5 Å². The van der Waals surface area contributed by atoms with E-state index in [2.05, 4.69) is 0 Å². The van der Waals surface area contributed by atoms with Crippen LogP contribution in [0.25, 0.3) is 0 Å². The Bertz CT molecular complexity index is 573. The predicted octanol–water partition coefficient (Wildman–Crippen LogP) is 2.84. The van der Waals surface area contributed by atoms with E-state index in [1.54, 1.807) is 0 Å². The number of amides is 2. The van der Waals surface area contributed by atoms with Crippen molar-refractivity contribution in [3.63, 3.8) is 0 Å². The molecule has 0 N–H and O–H groups in total. The Morgan fingerprint density at radius 2 is 1.45 bits per heavy atom. The number of hydrogen-bond donors (Lipinski definition) is 0. The van der Waals surface area contributed by atoms with Crippen LogP contribution in [-0.2, 0) is 9.59 Å². The van der Waals surface area contributed by atoms with E-state index >= 15 is 0 Å². The molecular formula is C17H19NO2. The highest BCUT2D eigenvalue weighted by Gasteiger charge is 2.61. The van der Waals surface area contributed by atoms with Gasteiger partial charge in [-0.25, -0.2) is 4.90 Å². The van der Waals surface area contributed by atoms with Gasteiger partial charge in [-0.05, 0) is 56.1 Å². The average molecular weight is 269 g/mol. The second-order valence-electron chi connectivity index (χ2n) is 6.64. The van der Waals surface area contributed by atoms with E-state index in [4.69, 9.17) is 0 Å². The highest BCUT2D eigenvalue weighted by Crippen LogP contribution is 2.56. The molecule has 2 bridgehead atoms. The van der Waals surface area contributed by atoms with Crippen molar-refractivity contribution in [3.05, 3.63) is 29.3 Å². The summed E-state index contributed by atoms with van der Waals surface area (Å²) in [5.74, 6) is 0.973. The highest BCUT2D eigenvalue weighted by atomic mass is 16.2. The molecule has 1 aromatic carbocycles. The Hall–Kier alpha value is -1.64. The van der Waals surface area contributed by atoms with Crippen molar-refractivity contribution in [2.45, 2.75) is 33.1 Å². The number of carbonyl (C=O) groups excluding carboxylic acids is 2. The second kappa shape index (κ2) is 3.94. The summed E-state index contributed by atoms with van der Waals surface area (Å²) in [4.78, 5) is 27.1. The van der Waals surface area contributed by atoms with Gasteiger partial charge in [-0.15, -0.1) is 0 Å². The molecule has 2 amide bonds. The van der Waals surface area contributed by atoms with Crippen molar-refractivity contribution in [2.75, 3.05) is 4.90 Å². The van der Waals surface area contributed by atoms with Crippen LogP contribution < -0.4 is 4.90 Å². The fourth-order valence-electron chi connectivity index (χ4n) is 4.79. The highest BCUT2D eigenvalue weighted by molar-refractivity contribution is 6.23. The largest absolute Gasteiger partial charge is 0.274 e. The minimum absolute atomic E-state index is 0.0275. The minimum Gasteiger partial charge on any atom is -0.274 e. The van der Waals surface area contributed by atoms with E-state index < -0.39 is 0 Å². The standard InChI is InChI=1S/C17H19NO2/c1-9-4-3-5-10(2)15(9)18-16(19)13-11-6-7-12(8-11)14(13)17(18)20/h3-5,11-14H,6-8H2,1-2H3/t11-,12-,13-,14+/m1/s1. The van der Waals surface area contributed by atoms with Gasteiger partial charge in [0.05, 0.1) is 17.5 Å². The number of nitrogens with zero attached hydrogens (tertiary/aromatic N) is 1. The second-order valence-corrected chi connectivity index (χ2v) is 6.64. The van der Waals surface area contributed by atoms with Crippen molar-refractivity contribution in [3.8, 4) is 0 Å². The number of fused-ring (bicyclic) bond motifs is 5. The lowest BCUT2D eigenvalue weighted by atomic mass is 9.81. The summed E-state index contributed by atoms with van der Waals surface area (Å²) in [6, 6.07) is 5.93. The predicted molar refractivity (Wildman–Crippen MR) is 76.2 cm³/mol. The number of anilines is 1. The van der Waals surface area contributed by atoms with Crippen LogP contribution in [0.3, 0.4) is 0 Å². The fourth-order valence-corrected chi connectivity index (χ4v) is 4.79. The van der Waals surface area contributed by atoms with E-state index in [1.165, 1.54) is 4.90 Å². The van der Waals surface area contributed by atoms with Gasteiger partial charge in [0.15, 0.2) is 0 Å². The van der Waals surface area contributed by atoms with Gasteiger partial charge in [-0.1, -0.05) is 18.2 Å². The minimum atomic E-state index is -0.0275. The smallest absolute Gasteiger partial charge is 0.237 e. The van der Waals surface area contributed by atoms with Crippen LogP contribution in [0.15, 0.2) is 18.2 Å². The zero-order chi connectivity index (χ0) is 14.0. The number of imide groups is 1. The third-order valence-electron chi connectivity index (χ3n) is 5.59. The molecule has 4 rings (SSSR count). The number of hydrogen-bond acceptors (Lipinski definition) is 2. The molecule has 0 spiro atoms. The third kappa shape index (κ3) is 1.36. The summed E-state index contributed by atoms with van der Waals surface area (Å²) in [5.41, 5.74) is 2.86. The van der Waals surface area contributed by atoms with Gasteiger partial charge < -0.3 is 0 Å². The molecule has 1 aromatic rings. The molecule has 1 heterocycles. The molecule has 20 heavy (non-hydrogen) atoms. The van der Waals surface area contributed by atoms with E-state index in [-0.39, 0.29) is 23.7 Å². The number of benzene rings is 1. The molecule has 4 atom stereocenters. The maximum Gasteiger partial charge on any atom is 0.237 e. The molecule has 0 radical (unpaired) electrons. The molecule has 0 unspecified atom stereocenters. The maximum atomic E-state index is 12.8. The Kier molecular flexibility index (Phi) is 2.39. The number of carbonyl (C=O) groups is 2. The summed E-state index contributed by atoms with van der Waals surface area (Å²) in [7, 11) is 0. The van der Waals surface area contributed by atoms with Crippen molar-refractivity contribution >= 4 is 17.5 Å². The average Bonchev–Trinajstić information content (AvgIpc) is 3.07. The Balaban J connectivity index is 1.81. The van der Waals surface area contributed by atoms with Crippen molar-refractivity contribution in [1.82, 2.24) is 0 Å². The monoisotopic (exact) mass is 269 g/mol. The Morgan fingerprint density at radius 1 is 0.950 bits per heavy atom. The molecule has 3 heteroatoms. The van der Waals surface area contributed by atoms with Crippen molar-refractivity contribution in [2.24, 2.45) is 23.7 Å². The zero-order valence-corrected chi connectivity index (χ0v) is 11.9. The van der Waals surface area contributed by atoms with E-state index in [0.717, 1.165) is 36.1 Å². The topological polar surface area (TPSA) is 37.4 Å². The van der Waals surface area contributed by atoms with Crippen LogP contribution in [0.1, 0.15) is 30.4 Å². The van der Waals surface area contributed by atoms with Crippen LogP contribution in [0.5, 0.6) is 0 Å². The van der Waals surface area contributed by atoms with E-state index in [1.807, 2.05) is 32.0 Å². The Morgan fingerprint density at radius 3 is 1.95 bits per heavy atom. The number of para-hydroxylation sites is 1. The first-order valence-corrected chi connectivity index (χ1v) is 7.53. The van der Waals surface area contributed by atoms with Crippen LogP contribution in [0.4, 0.5) is 5.69 Å². The molecule has 104 valence electrons. The lowest BCUT2D eigenvalue weighted by molar-refractivity contribution is -0.123. The molecule has 2 aliphatic carbocycles. The molecule has 2 saturated carbocycles. The molecule has 0 aromatic heterocycles. The Labute approximate surface area is 119 Å². The molecule has 1 saturated heterocycles. The van der Waals surface area contributed by atoms with Gasteiger partial charge in [-0.2, -0.15) is 0 Å². The van der Waals surface area contributed by atoms with Gasteiger partial charge in [0.2, 0.25) is 11.8 Å². The van der Waals surface area contributed by atoms with Crippen molar-refractivity contribution < 1.29 is 9.59 Å². The van der Waals surface area contributed by atoms with Crippen LogP contribution in [0.2, 0.25) is 0 Å². The van der Waals surface area contributed by atoms with Crippen LogP contribution in [-0.4, -0.2) is 11.8 Å². The van der Waals surface area contributed by atoms with E-state index in [9.17, 15) is 9.59 Å². The maximum absolute atomic E-state index is 12.8. The van der Waals surface area contributed by atoms with Gasteiger partial charge in [0, 0.05) is 0 Å². The van der Waals surface area contributed by atoms with Crippen molar-refractivity contribution in [1.29, 1.82) is 0 Å². The van der Waals surface area contributed by atoms with Gasteiger partial charge in [0.1, 0.15) is 0 Å². The normalized spacial score (nSPS) is 35.0. The molecular weight excluding hydrogens is 250 g/mol. The molecule has 3 aliphatic rings. The van der Waals surface area contributed by atoms with Gasteiger partial charge in [0.25, 0.3) is 0 Å². The lowest BCUT2D eigenvalue weighted by Gasteiger charge is -2.21. The SMILES string of the molecule is Cc1cccc(C)c1N1C(=O)[C@@H]2[C@@H]3CC[C@H](C3)[C@@H]2C1=O. The summed E-state index contributed by atoms with van der Waals surface area (Å²) >= 11 is 0. The van der Waals surface area contributed by atoms with E-state index in [0.29, 0.717) is 11.8 Å². The zero-order valence-electron chi connectivity index (χ0n) is 11.9. The van der Waals surface area contributed by atoms with Gasteiger partial charge in [-0.3, -0.25) is 9.59 Å². The third-order valence-corrected chi connectivity index (χ3v) is 5.59. The molecule has 3 nitrogen and oxygen atoms in total. The summed E-state index contributed by atoms with van der Waals surface area (Å²) in [6.45, 7) is 3.96. The summed E-state index contributed by atoms with van der Waals surface area (Å²) in [6.07, 6.45) is 3.35. The number of rotatable bonds is 1. The fraction of sp³-hybridized carbons (Fsp3) is 0.529. The molecule has 1 aliphatic heterocycles. The summed E-state index contributed by atoms with van der Waals surface area (Å²) in [5, 5.41) is 0. The summed E-state index contributed by atoms with van der Waals surface area (Å²) < 4.78 is 0.